The molecule has 0 atom stereocenters. The fraction of sp³-hybridized carbons (Fsp3) is 0.250. The number of H-pyrrole nitrogens is 1. The van der Waals surface area contributed by atoms with Gasteiger partial charge >= 0.3 is 6.18 Å². The van der Waals surface area contributed by atoms with Crippen LogP contribution in [0, 0.1) is 0 Å². The van der Waals surface area contributed by atoms with Crippen LogP contribution in [0.15, 0.2) is 27.9 Å². The SMILES string of the molecule is CN(Cc1cscn1)C(=O)c1cc(C(F)(F)F)c[nH]c1=O. The molecule has 0 aliphatic rings. The Kier molecular flexibility index (Phi) is 4.12. The summed E-state index contributed by atoms with van der Waals surface area (Å²) in [5.41, 5.74) is -0.322. The lowest BCUT2D eigenvalue weighted by Crippen LogP contribution is -2.32. The topological polar surface area (TPSA) is 66.1 Å². The van der Waals surface area contributed by atoms with E-state index < -0.39 is 28.8 Å². The van der Waals surface area contributed by atoms with Crippen LogP contribution < -0.4 is 5.56 Å². The second-order valence-corrected chi connectivity index (χ2v) is 4.99. The molecular weight excluding hydrogens is 307 g/mol. The first-order chi connectivity index (χ1) is 9.79. The number of carbonyl (C=O) groups is 1. The van der Waals surface area contributed by atoms with Crippen molar-refractivity contribution in [3.05, 3.63) is 50.3 Å². The van der Waals surface area contributed by atoms with Crippen molar-refractivity contribution in [2.24, 2.45) is 0 Å². The van der Waals surface area contributed by atoms with E-state index in [0.717, 1.165) is 4.90 Å². The first-order valence-electron chi connectivity index (χ1n) is 5.71. The fourth-order valence-electron chi connectivity index (χ4n) is 1.64. The van der Waals surface area contributed by atoms with E-state index in [1.165, 1.54) is 18.4 Å². The summed E-state index contributed by atoms with van der Waals surface area (Å²) < 4.78 is 37.8. The minimum Gasteiger partial charge on any atom is -0.336 e. The zero-order valence-electron chi connectivity index (χ0n) is 10.8. The highest BCUT2D eigenvalue weighted by molar-refractivity contribution is 7.07. The zero-order chi connectivity index (χ0) is 15.6. The first-order valence-corrected chi connectivity index (χ1v) is 6.66. The molecule has 0 saturated carbocycles. The molecule has 2 aromatic heterocycles. The highest BCUT2D eigenvalue weighted by Gasteiger charge is 2.32. The van der Waals surface area contributed by atoms with Crippen LogP contribution in [0.3, 0.4) is 0 Å². The minimum absolute atomic E-state index is 0.109. The van der Waals surface area contributed by atoms with Gasteiger partial charge in [0, 0.05) is 18.6 Å². The van der Waals surface area contributed by atoms with Gasteiger partial charge in [-0.25, -0.2) is 4.98 Å². The van der Waals surface area contributed by atoms with Crippen molar-refractivity contribution >= 4 is 17.2 Å². The van der Waals surface area contributed by atoms with E-state index in [0.29, 0.717) is 18.0 Å². The third-order valence-corrected chi connectivity index (χ3v) is 3.33. The summed E-state index contributed by atoms with van der Waals surface area (Å²) in [7, 11) is 1.39. The van der Waals surface area contributed by atoms with E-state index in [9.17, 15) is 22.8 Å². The molecule has 0 radical (unpaired) electrons. The molecule has 2 heterocycles. The smallest absolute Gasteiger partial charge is 0.336 e. The predicted molar refractivity (Wildman–Crippen MR) is 70.0 cm³/mol. The summed E-state index contributed by atoms with van der Waals surface area (Å²) >= 11 is 1.33. The Hall–Kier alpha value is -2.16. The molecule has 1 amide bonds. The summed E-state index contributed by atoms with van der Waals surface area (Å²) in [6.07, 6.45) is -4.09. The second kappa shape index (κ2) is 5.68. The lowest BCUT2D eigenvalue weighted by molar-refractivity contribution is -0.137. The van der Waals surface area contributed by atoms with Gasteiger partial charge in [-0.05, 0) is 6.07 Å². The maximum absolute atomic E-state index is 12.6. The molecular formula is C12H10F3N3O2S. The van der Waals surface area contributed by atoms with Crippen LogP contribution >= 0.6 is 11.3 Å². The van der Waals surface area contributed by atoms with E-state index >= 15 is 0 Å². The number of amides is 1. The Morgan fingerprint density at radius 2 is 2.19 bits per heavy atom. The Balaban J connectivity index is 2.28. The van der Waals surface area contributed by atoms with Crippen molar-refractivity contribution < 1.29 is 18.0 Å². The summed E-state index contributed by atoms with van der Waals surface area (Å²) in [6.45, 7) is 0.109. The Morgan fingerprint density at radius 1 is 1.48 bits per heavy atom. The molecule has 0 aromatic carbocycles. The molecule has 112 valence electrons. The van der Waals surface area contributed by atoms with Gasteiger partial charge in [-0.2, -0.15) is 13.2 Å². The second-order valence-electron chi connectivity index (χ2n) is 4.27. The lowest BCUT2D eigenvalue weighted by Gasteiger charge is -2.16. The van der Waals surface area contributed by atoms with Crippen molar-refractivity contribution in [3.63, 3.8) is 0 Å². The van der Waals surface area contributed by atoms with Crippen LogP contribution in [0.1, 0.15) is 21.6 Å². The van der Waals surface area contributed by atoms with Crippen molar-refractivity contribution in [2.75, 3.05) is 7.05 Å². The number of nitrogens with zero attached hydrogens (tertiary/aromatic N) is 2. The molecule has 1 N–H and O–H groups in total. The van der Waals surface area contributed by atoms with Crippen molar-refractivity contribution in [2.45, 2.75) is 12.7 Å². The maximum Gasteiger partial charge on any atom is 0.417 e. The quantitative estimate of drug-likeness (QED) is 0.943. The summed E-state index contributed by atoms with van der Waals surface area (Å²) in [6, 6.07) is 0.554. The highest BCUT2D eigenvalue weighted by atomic mass is 32.1. The van der Waals surface area contributed by atoms with Crippen molar-refractivity contribution in [1.82, 2.24) is 14.9 Å². The number of thiazole rings is 1. The average molecular weight is 317 g/mol. The van der Waals surface area contributed by atoms with Crippen molar-refractivity contribution in [1.29, 1.82) is 0 Å². The number of hydrogen-bond acceptors (Lipinski definition) is 4. The largest absolute Gasteiger partial charge is 0.417 e. The normalized spacial score (nSPS) is 11.4. The van der Waals surface area contributed by atoms with Gasteiger partial charge in [0.05, 0.1) is 23.3 Å². The molecule has 5 nitrogen and oxygen atoms in total. The number of halogens is 3. The molecule has 0 bridgehead atoms. The Morgan fingerprint density at radius 3 is 2.76 bits per heavy atom. The fourth-order valence-corrected chi connectivity index (χ4v) is 2.19. The number of carbonyl (C=O) groups excluding carboxylic acids is 1. The monoisotopic (exact) mass is 317 g/mol. The number of aromatic nitrogens is 2. The van der Waals surface area contributed by atoms with Gasteiger partial charge in [0.25, 0.3) is 11.5 Å². The Labute approximate surface area is 121 Å². The van der Waals surface area contributed by atoms with Gasteiger partial charge < -0.3 is 9.88 Å². The van der Waals surface area contributed by atoms with Gasteiger partial charge in [-0.1, -0.05) is 0 Å². The number of alkyl halides is 3. The van der Waals surface area contributed by atoms with Crippen LogP contribution in [0.4, 0.5) is 13.2 Å². The van der Waals surface area contributed by atoms with Crippen LogP contribution in [0.2, 0.25) is 0 Å². The number of hydrogen-bond donors (Lipinski definition) is 1. The molecule has 0 fully saturated rings. The van der Waals surface area contributed by atoms with Crippen LogP contribution in [-0.4, -0.2) is 27.8 Å². The number of nitrogens with one attached hydrogen (secondary N) is 1. The van der Waals surface area contributed by atoms with E-state index in [4.69, 9.17) is 0 Å². The first kappa shape index (κ1) is 15.2. The van der Waals surface area contributed by atoms with Gasteiger partial charge in [-0.15, -0.1) is 11.3 Å². The molecule has 2 rings (SSSR count). The third kappa shape index (κ3) is 3.48. The zero-order valence-corrected chi connectivity index (χ0v) is 11.6. The maximum atomic E-state index is 12.6. The van der Waals surface area contributed by atoms with Crippen LogP contribution in [0.25, 0.3) is 0 Å². The molecule has 0 saturated heterocycles. The highest BCUT2D eigenvalue weighted by Crippen LogP contribution is 2.28. The average Bonchev–Trinajstić information content (AvgIpc) is 2.90. The summed E-state index contributed by atoms with van der Waals surface area (Å²) in [4.78, 5) is 30.7. The molecule has 9 heteroatoms. The molecule has 0 aliphatic heterocycles. The molecule has 0 unspecified atom stereocenters. The standard InChI is InChI=1S/C12H10F3N3O2S/c1-18(4-8-5-21-6-17-8)11(20)9-2-7(12(13,14)15)3-16-10(9)19/h2-3,5-6H,4H2,1H3,(H,16,19). The third-order valence-electron chi connectivity index (χ3n) is 2.69. The van der Waals surface area contributed by atoms with Gasteiger partial charge in [-0.3, -0.25) is 9.59 Å². The number of pyridine rings is 1. The molecule has 21 heavy (non-hydrogen) atoms. The van der Waals surface area contributed by atoms with E-state index in [1.807, 2.05) is 4.98 Å². The van der Waals surface area contributed by atoms with Gasteiger partial charge in [0.15, 0.2) is 0 Å². The van der Waals surface area contributed by atoms with Crippen LogP contribution in [-0.2, 0) is 12.7 Å². The molecule has 2 aromatic rings. The summed E-state index contributed by atoms with van der Waals surface area (Å²) in [5, 5.41) is 1.71. The number of aromatic amines is 1. The number of rotatable bonds is 3. The van der Waals surface area contributed by atoms with Gasteiger partial charge in [0.1, 0.15) is 5.56 Å². The predicted octanol–water partition coefficient (Wildman–Crippen LogP) is 2.12. The molecule has 0 spiro atoms. The van der Waals surface area contributed by atoms with E-state index in [1.54, 1.807) is 10.9 Å². The van der Waals surface area contributed by atoms with E-state index in [-0.39, 0.29) is 6.54 Å². The minimum atomic E-state index is -4.63. The van der Waals surface area contributed by atoms with Crippen LogP contribution in [0.5, 0.6) is 0 Å². The Bertz CT molecular complexity index is 695. The molecule has 0 aliphatic carbocycles. The van der Waals surface area contributed by atoms with Crippen molar-refractivity contribution in [3.8, 4) is 0 Å². The van der Waals surface area contributed by atoms with E-state index in [2.05, 4.69) is 4.98 Å². The summed E-state index contributed by atoms with van der Waals surface area (Å²) in [5.74, 6) is -0.796. The lowest BCUT2D eigenvalue weighted by atomic mass is 10.1. The van der Waals surface area contributed by atoms with Gasteiger partial charge in [0.2, 0.25) is 0 Å².